The number of halogens is 1. The minimum atomic E-state index is -0.801. The van der Waals surface area contributed by atoms with E-state index in [1.54, 1.807) is 24.3 Å². The Morgan fingerprint density at radius 3 is 2.57 bits per heavy atom. The highest BCUT2D eigenvalue weighted by Crippen LogP contribution is 2.28. The van der Waals surface area contributed by atoms with Crippen LogP contribution < -0.4 is 10.4 Å². The van der Waals surface area contributed by atoms with Crippen LogP contribution in [0.4, 0.5) is 10.1 Å². The number of likely N-dealkylation sites (tertiary alicyclic amines) is 1. The molecular weight excluding hydrogens is 357 g/mol. The van der Waals surface area contributed by atoms with Crippen molar-refractivity contribution in [1.82, 2.24) is 10.2 Å². The summed E-state index contributed by atoms with van der Waals surface area (Å²) in [6.45, 7) is 4.25. The van der Waals surface area contributed by atoms with E-state index in [2.05, 4.69) is 5.32 Å². The standard InChI is InChI=1S/C22H28FN3O2/c1-2-13-24-22(27)18-8-10-20(11-9-18)26(28)21(17-6-4-3-5-7-17)16-25-14-12-19(23)15-25/h3-11,19,21,28H,2,12-16H2,1H3,(H,24,27)/t19-,21+/m0/s1. The number of carbonyl (C=O) groups excluding carboxylic acids is 1. The van der Waals surface area contributed by atoms with Crippen molar-refractivity contribution in [2.45, 2.75) is 32.0 Å². The molecule has 0 spiro atoms. The topological polar surface area (TPSA) is 55.8 Å². The van der Waals surface area contributed by atoms with Crippen LogP contribution in [0.15, 0.2) is 54.6 Å². The fourth-order valence-electron chi connectivity index (χ4n) is 3.48. The van der Waals surface area contributed by atoms with Gasteiger partial charge in [-0.3, -0.25) is 14.9 Å². The van der Waals surface area contributed by atoms with Crippen LogP contribution >= 0.6 is 0 Å². The van der Waals surface area contributed by atoms with Crippen molar-refractivity contribution in [2.24, 2.45) is 0 Å². The van der Waals surface area contributed by atoms with Crippen LogP contribution in [-0.2, 0) is 0 Å². The molecule has 1 aliphatic heterocycles. The SMILES string of the molecule is CCCNC(=O)c1ccc(N(O)[C@H](CN2CC[C@H](F)C2)c2ccccc2)cc1. The minimum absolute atomic E-state index is 0.122. The zero-order chi connectivity index (χ0) is 19.9. The van der Waals surface area contributed by atoms with Crippen molar-refractivity contribution in [3.05, 3.63) is 65.7 Å². The number of amides is 1. The predicted octanol–water partition coefficient (Wildman–Crippen LogP) is 3.81. The molecule has 150 valence electrons. The molecule has 0 aliphatic carbocycles. The molecule has 28 heavy (non-hydrogen) atoms. The van der Waals surface area contributed by atoms with Gasteiger partial charge in [-0.15, -0.1) is 0 Å². The van der Waals surface area contributed by atoms with Gasteiger partial charge in [0.25, 0.3) is 5.91 Å². The minimum Gasteiger partial charge on any atom is -0.352 e. The maximum atomic E-state index is 13.6. The first kappa shape index (κ1) is 20.3. The van der Waals surface area contributed by atoms with Gasteiger partial charge in [-0.05, 0) is 42.7 Å². The molecule has 2 N–H and O–H groups in total. The second kappa shape index (κ2) is 9.66. The van der Waals surface area contributed by atoms with Crippen molar-refractivity contribution in [1.29, 1.82) is 0 Å². The van der Waals surface area contributed by atoms with E-state index in [9.17, 15) is 14.4 Å². The lowest BCUT2D eigenvalue weighted by Crippen LogP contribution is -2.36. The average Bonchev–Trinajstić information content (AvgIpc) is 3.15. The van der Waals surface area contributed by atoms with E-state index in [1.165, 1.54) is 5.06 Å². The Labute approximate surface area is 165 Å². The summed E-state index contributed by atoms with van der Waals surface area (Å²) in [5, 5.41) is 15.0. The lowest BCUT2D eigenvalue weighted by Gasteiger charge is -2.31. The molecule has 2 aromatic carbocycles. The number of carbonyl (C=O) groups is 1. The zero-order valence-corrected chi connectivity index (χ0v) is 16.2. The maximum Gasteiger partial charge on any atom is 0.251 e. The van der Waals surface area contributed by atoms with Crippen molar-refractivity contribution in [3.63, 3.8) is 0 Å². The maximum absolute atomic E-state index is 13.6. The summed E-state index contributed by atoms with van der Waals surface area (Å²) in [5.74, 6) is -0.122. The first-order valence-corrected chi connectivity index (χ1v) is 9.86. The third kappa shape index (κ3) is 5.09. The Bertz CT molecular complexity index is 754. The molecule has 5 nitrogen and oxygen atoms in total. The molecule has 6 heteroatoms. The van der Waals surface area contributed by atoms with Crippen molar-refractivity contribution < 1.29 is 14.4 Å². The van der Waals surface area contributed by atoms with Gasteiger partial charge in [-0.2, -0.15) is 0 Å². The summed E-state index contributed by atoms with van der Waals surface area (Å²) in [7, 11) is 0. The van der Waals surface area contributed by atoms with Gasteiger partial charge in [0.2, 0.25) is 0 Å². The predicted molar refractivity (Wildman–Crippen MR) is 108 cm³/mol. The summed E-state index contributed by atoms with van der Waals surface area (Å²) >= 11 is 0. The van der Waals surface area contributed by atoms with Crippen LogP contribution in [0.2, 0.25) is 0 Å². The molecule has 2 atom stereocenters. The number of alkyl halides is 1. The number of hydrogen-bond donors (Lipinski definition) is 2. The third-order valence-corrected chi connectivity index (χ3v) is 5.06. The molecule has 0 radical (unpaired) electrons. The van der Waals surface area contributed by atoms with Gasteiger partial charge in [-0.25, -0.2) is 9.45 Å². The van der Waals surface area contributed by atoms with Gasteiger partial charge in [0.05, 0.1) is 11.7 Å². The second-order valence-corrected chi connectivity index (χ2v) is 7.22. The van der Waals surface area contributed by atoms with Gasteiger partial charge < -0.3 is 5.32 Å². The van der Waals surface area contributed by atoms with Crippen LogP contribution in [0.5, 0.6) is 0 Å². The van der Waals surface area contributed by atoms with Gasteiger partial charge in [0.1, 0.15) is 6.17 Å². The molecule has 1 amide bonds. The van der Waals surface area contributed by atoms with Crippen LogP contribution in [0.1, 0.15) is 41.7 Å². The van der Waals surface area contributed by atoms with Gasteiger partial charge >= 0.3 is 0 Å². The molecule has 0 saturated carbocycles. The summed E-state index contributed by atoms with van der Waals surface area (Å²) in [4.78, 5) is 14.1. The van der Waals surface area contributed by atoms with E-state index in [0.29, 0.717) is 43.9 Å². The van der Waals surface area contributed by atoms with Crippen LogP contribution in [-0.4, -0.2) is 48.4 Å². The van der Waals surface area contributed by atoms with Gasteiger partial charge in [-0.1, -0.05) is 37.3 Å². The van der Waals surface area contributed by atoms with E-state index in [0.717, 1.165) is 12.0 Å². The fraction of sp³-hybridized carbons (Fsp3) is 0.409. The van der Waals surface area contributed by atoms with Gasteiger partial charge in [0, 0.05) is 31.7 Å². The van der Waals surface area contributed by atoms with Crippen molar-refractivity contribution in [2.75, 3.05) is 31.2 Å². The molecule has 0 unspecified atom stereocenters. The van der Waals surface area contributed by atoms with Gasteiger partial charge in [0.15, 0.2) is 0 Å². The quantitative estimate of drug-likeness (QED) is 0.679. The molecule has 1 aliphatic rings. The van der Waals surface area contributed by atoms with E-state index in [4.69, 9.17) is 0 Å². The Morgan fingerprint density at radius 1 is 1.25 bits per heavy atom. The molecule has 0 bridgehead atoms. The van der Waals surface area contributed by atoms with E-state index in [-0.39, 0.29) is 11.9 Å². The van der Waals surface area contributed by atoms with E-state index >= 15 is 0 Å². The van der Waals surface area contributed by atoms with Crippen molar-refractivity contribution >= 4 is 11.6 Å². The number of nitrogens with one attached hydrogen (secondary N) is 1. The smallest absolute Gasteiger partial charge is 0.251 e. The zero-order valence-electron chi connectivity index (χ0n) is 16.2. The molecule has 1 fully saturated rings. The first-order valence-electron chi connectivity index (χ1n) is 9.86. The summed E-state index contributed by atoms with van der Waals surface area (Å²) in [6, 6.07) is 16.3. The van der Waals surface area contributed by atoms with Crippen LogP contribution in [0.25, 0.3) is 0 Å². The fourth-order valence-corrected chi connectivity index (χ4v) is 3.48. The number of rotatable bonds is 8. The summed E-state index contributed by atoms with van der Waals surface area (Å²) in [5.41, 5.74) is 2.11. The first-order chi connectivity index (χ1) is 13.6. The lowest BCUT2D eigenvalue weighted by molar-refractivity contribution is 0.0953. The number of hydrogen-bond acceptors (Lipinski definition) is 4. The van der Waals surface area contributed by atoms with E-state index < -0.39 is 6.17 Å². The Kier molecular flexibility index (Phi) is 7.01. The largest absolute Gasteiger partial charge is 0.352 e. The normalized spacial score (nSPS) is 18.0. The highest BCUT2D eigenvalue weighted by atomic mass is 19.1. The van der Waals surface area contributed by atoms with Crippen LogP contribution in [0, 0.1) is 0 Å². The Balaban J connectivity index is 1.76. The molecule has 2 aromatic rings. The van der Waals surface area contributed by atoms with Crippen LogP contribution in [0.3, 0.4) is 0 Å². The number of nitrogens with zero attached hydrogens (tertiary/aromatic N) is 2. The Morgan fingerprint density at radius 2 is 1.96 bits per heavy atom. The number of hydroxylamine groups is 1. The Hall–Kier alpha value is -2.44. The summed E-state index contributed by atoms with van der Waals surface area (Å²) in [6.07, 6.45) is 0.613. The molecular formula is C22H28FN3O2. The molecule has 3 rings (SSSR count). The second-order valence-electron chi connectivity index (χ2n) is 7.22. The average molecular weight is 385 g/mol. The monoisotopic (exact) mass is 385 g/mol. The number of anilines is 1. The highest BCUT2D eigenvalue weighted by Gasteiger charge is 2.28. The molecule has 0 aromatic heterocycles. The molecule has 1 heterocycles. The summed E-state index contributed by atoms with van der Waals surface area (Å²) < 4.78 is 13.6. The lowest BCUT2D eigenvalue weighted by atomic mass is 10.0. The van der Waals surface area contributed by atoms with E-state index in [1.807, 2.05) is 42.2 Å². The number of benzene rings is 2. The third-order valence-electron chi connectivity index (χ3n) is 5.06. The molecule has 1 saturated heterocycles. The highest BCUT2D eigenvalue weighted by molar-refractivity contribution is 5.94. The van der Waals surface area contributed by atoms with Crippen molar-refractivity contribution in [3.8, 4) is 0 Å².